The number of aromatic amines is 1. The second-order valence-corrected chi connectivity index (χ2v) is 8.00. The number of hydrogen-bond acceptors (Lipinski definition) is 3. The Morgan fingerprint density at radius 2 is 1.97 bits per heavy atom. The molecule has 150 valence electrons. The van der Waals surface area contributed by atoms with Gasteiger partial charge in [0.2, 0.25) is 0 Å². The third kappa shape index (κ3) is 3.24. The summed E-state index contributed by atoms with van der Waals surface area (Å²) in [5.74, 6) is -0.0184. The second kappa shape index (κ2) is 7.65. The number of rotatable bonds is 3. The number of amides is 1. The summed E-state index contributed by atoms with van der Waals surface area (Å²) >= 11 is 0. The van der Waals surface area contributed by atoms with Crippen LogP contribution in [-0.4, -0.2) is 46.8 Å². The Bertz CT molecular complexity index is 1030. The van der Waals surface area contributed by atoms with Crippen molar-refractivity contribution in [2.75, 3.05) is 19.8 Å². The van der Waals surface area contributed by atoms with Crippen LogP contribution in [0.4, 0.5) is 0 Å². The minimum absolute atomic E-state index is 0.0184. The van der Waals surface area contributed by atoms with Crippen molar-refractivity contribution < 1.29 is 14.6 Å². The fraction of sp³-hybridized carbons (Fsp3) is 0.375. The van der Waals surface area contributed by atoms with Crippen LogP contribution in [0, 0.1) is 0 Å². The summed E-state index contributed by atoms with van der Waals surface area (Å²) in [6, 6.07) is 15.6. The summed E-state index contributed by atoms with van der Waals surface area (Å²) in [7, 11) is 0. The molecule has 0 spiro atoms. The van der Waals surface area contributed by atoms with Crippen LogP contribution in [0.15, 0.2) is 48.5 Å². The van der Waals surface area contributed by atoms with E-state index in [9.17, 15) is 9.90 Å². The molecule has 0 saturated carbocycles. The molecule has 2 N–H and O–H groups in total. The molecule has 2 atom stereocenters. The van der Waals surface area contributed by atoms with E-state index in [-0.39, 0.29) is 18.6 Å². The van der Waals surface area contributed by atoms with Gasteiger partial charge >= 0.3 is 0 Å². The van der Waals surface area contributed by atoms with Gasteiger partial charge < -0.3 is 19.7 Å². The maximum atomic E-state index is 13.5. The molecule has 0 bridgehead atoms. The Morgan fingerprint density at radius 3 is 2.79 bits per heavy atom. The zero-order valence-corrected chi connectivity index (χ0v) is 16.4. The lowest BCUT2D eigenvalue weighted by molar-refractivity contribution is -0.0811. The Labute approximate surface area is 170 Å². The summed E-state index contributed by atoms with van der Waals surface area (Å²) in [4.78, 5) is 18.9. The predicted molar refractivity (Wildman–Crippen MR) is 112 cm³/mol. The number of fused-ring (bicyclic) bond motifs is 3. The van der Waals surface area contributed by atoms with Gasteiger partial charge in [-0.3, -0.25) is 4.79 Å². The minimum atomic E-state index is -0.420. The van der Waals surface area contributed by atoms with Crippen LogP contribution in [0.5, 0.6) is 0 Å². The van der Waals surface area contributed by atoms with E-state index in [1.807, 2.05) is 47.4 Å². The van der Waals surface area contributed by atoms with Crippen molar-refractivity contribution in [3.05, 3.63) is 70.9 Å². The SMILES string of the molecule is O=C(c1ccc2c3c([nH]c2c1)CCCC3)N1CCO[C@H](CO)[C@H]1c1ccccc1. The molecule has 1 fully saturated rings. The van der Waals surface area contributed by atoms with E-state index >= 15 is 0 Å². The van der Waals surface area contributed by atoms with Crippen molar-refractivity contribution in [3.63, 3.8) is 0 Å². The van der Waals surface area contributed by atoms with Crippen molar-refractivity contribution in [2.45, 2.75) is 37.8 Å². The molecule has 5 heteroatoms. The number of nitrogens with one attached hydrogen (secondary N) is 1. The van der Waals surface area contributed by atoms with E-state index in [4.69, 9.17) is 4.74 Å². The highest BCUT2D eigenvalue weighted by molar-refractivity contribution is 5.99. The highest BCUT2D eigenvalue weighted by atomic mass is 16.5. The average Bonchev–Trinajstić information content (AvgIpc) is 3.16. The monoisotopic (exact) mass is 390 g/mol. The van der Waals surface area contributed by atoms with E-state index in [1.165, 1.54) is 29.5 Å². The molecule has 1 saturated heterocycles. The lowest BCUT2D eigenvalue weighted by Crippen LogP contribution is -2.49. The molecule has 1 aliphatic carbocycles. The summed E-state index contributed by atoms with van der Waals surface area (Å²) in [5, 5.41) is 11.1. The van der Waals surface area contributed by atoms with Crippen LogP contribution in [0.1, 0.15) is 46.1 Å². The summed E-state index contributed by atoms with van der Waals surface area (Å²) in [6.07, 6.45) is 4.23. The van der Waals surface area contributed by atoms with E-state index in [0.29, 0.717) is 18.7 Å². The molecule has 29 heavy (non-hydrogen) atoms. The van der Waals surface area contributed by atoms with Crippen LogP contribution < -0.4 is 0 Å². The van der Waals surface area contributed by atoms with Gasteiger partial charge in [-0.25, -0.2) is 0 Å². The Hall–Kier alpha value is -2.63. The number of aromatic nitrogens is 1. The fourth-order valence-corrected chi connectivity index (χ4v) is 4.87. The van der Waals surface area contributed by atoms with Crippen LogP contribution in [0.3, 0.4) is 0 Å². The minimum Gasteiger partial charge on any atom is -0.394 e. The van der Waals surface area contributed by atoms with Crippen molar-refractivity contribution >= 4 is 16.8 Å². The normalized spacial score (nSPS) is 21.9. The molecule has 0 unspecified atom stereocenters. The second-order valence-electron chi connectivity index (χ2n) is 8.00. The quantitative estimate of drug-likeness (QED) is 0.718. The first kappa shape index (κ1) is 18.4. The van der Waals surface area contributed by atoms with E-state index in [2.05, 4.69) is 11.1 Å². The number of benzene rings is 2. The topological polar surface area (TPSA) is 65.6 Å². The molecule has 2 heterocycles. The van der Waals surface area contributed by atoms with Gasteiger partial charge in [0, 0.05) is 28.7 Å². The van der Waals surface area contributed by atoms with Crippen LogP contribution >= 0.6 is 0 Å². The summed E-state index contributed by atoms with van der Waals surface area (Å²) in [6.45, 7) is 0.819. The number of ether oxygens (including phenoxy) is 1. The maximum Gasteiger partial charge on any atom is 0.254 e. The molecule has 1 amide bonds. The highest BCUT2D eigenvalue weighted by Gasteiger charge is 2.36. The van der Waals surface area contributed by atoms with Gasteiger partial charge in [-0.15, -0.1) is 0 Å². The fourth-order valence-electron chi connectivity index (χ4n) is 4.87. The molecular formula is C24H26N2O3. The number of carbonyl (C=O) groups is 1. The Kier molecular flexibility index (Phi) is 4.86. The zero-order chi connectivity index (χ0) is 19.8. The highest BCUT2D eigenvalue weighted by Crippen LogP contribution is 2.33. The number of hydrogen-bond donors (Lipinski definition) is 2. The lowest BCUT2D eigenvalue weighted by atomic mass is 9.95. The van der Waals surface area contributed by atoms with Crippen LogP contribution in [0.25, 0.3) is 10.9 Å². The van der Waals surface area contributed by atoms with Gasteiger partial charge in [0.15, 0.2) is 0 Å². The number of aliphatic hydroxyl groups is 1. The van der Waals surface area contributed by atoms with Gasteiger partial charge in [-0.05, 0) is 48.9 Å². The summed E-state index contributed by atoms with van der Waals surface area (Å²) in [5.41, 5.74) is 5.45. The lowest BCUT2D eigenvalue weighted by Gasteiger charge is -2.41. The van der Waals surface area contributed by atoms with Gasteiger partial charge in [0.05, 0.1) is 19.3 Å². The number of carbonyl (C=O) groups excluding carboxylic acids is 1. The molecule has 1 aliphatic heterocycles. The number of aliphatic hydroxyl groups excluding tert-OH is 1. The predicted octanol–water partition coefficient (Wildman–Crippen LogP) is 3.62. The number of nitrogens with zero attached hydrogens (tertiary/aromatic N) is 1. The number of aryl methyl sites for hydroxylation is 2. The smallest absolute Gasteiger partial charge is 0.254 e. The molecule has 2 aromatic carbocycles. The molecule has 1 aromatic heterocycles. The van der Waals surface area contributed by atoms with Crippen molar-refractivity contribution in [3.8, 4) is 0 Å². The van der Waals surface area contributed by atoms with Gasteiger partial charge in [-0.1, -0.05) is 36.4 Å². The third-order valence-corrected chi connectivity index (χ3v) is 6.28. The molecule has 5 nitrogen and oxygen atoms in total. The first-order chi connectivity index (χ1) is 14.3. The Morgan fingerprint density at radius 1 is 1.14 bits per heavy atom. The van der Waals surface area contributed by atoms with E-state index < -0.39 is 6.10 Å². The molecule has 0 radical (unpaired) electrons. The molecule has 2 aliphatic rings. The molecule has 3 aromatic rings. The Balaban J connectivity index is 1.51. The third-order valence-electron chi connectivity index (χ3n) is 6.28. The van der Waals surface area contributed by atoms with Gasteiger partial charge in [0.1, 0.15) is 6.10 Å². The molecule has 5 rings (SSSR count). The van der Waals surface area contributed by atoms with Gasteiger partial charge in [0.25, 0.3) is 5.91 Å². The van der Waals surface area contributed by atoms with Crippen molar-refractivity contribution in [1.29, 1.82) is 0 Å². The number of morpholine rings is 1. The van der Waals surface area contributed by atoms with E-state index in [0.717, 1.165) is 23.9 Å². The average molecular weight is 390 g/mol. The maximum absolute atomic E-state index is 13.5. The van der Waals surface area contributed by atoms with Crippen molar-refractivity contribution in [1.82, 2.24) is 9.88 Å². The number of H-pyrrole nitrogens is 1. The van der Waals surface area contributed by atoms with Crippen LogP contribution in [-0.2, 0) is 17.6 Å². The largest absolute Gasteiger partial charge is 0.394 e. The van der Waals surface area contributed by atoms with E-state index in [1.54, 1.807) is 0 Å². The van der Waals surface area contributed by atoms with Gasteiger partial charge in [-0.2, -0.15) is 0 Å². The zero-order valence-electron chi connectivity index (χ0n) is 16.4. The first-order valence-corrected chi connectivity index (χ1v) is 10.5. The first-order valence-electron chi connectivity index (χ1n) is 10.5. The standard InChI is InChI=1S/C24H26N2O3/c27-15-22-23(16-6-2-1-3-7-16)26(12-13-29-22)24(28)17-10-11-19-18-8-4-5-9-20(18)25-21(19)14-17/h1-3,6-7,10-11,14,22-23,25,27H,4-5,8-9,12-13,15H2/t22-,23-/m1/s1. The molecular weight excluding hydrogens is 364 g/mol. The van der Waals surface area contributed by atoms with Crippen molar-refractivity contribution in [2.24, 2.45) is 0 Å². The van der Waals surface area contributed by atoms with Crippen LogP contribution in [0.2, 0.25) is 0 Å². The summed E-state index contributed by atoms with van der Waals surface area (Å²) < 4.78 is 5.79.